The summed E-state index contributed by atoms with van der Waals surface area (Å²) >= 11 is 0. The Hall–Kier alpha value is -0.650. The van der Waals surface area contributed by atoms with Crippen molar-refractivity contribution in [1.29, 1.82) is 0 Å². The molecule has 192 valence electrons. The van der Waals surface area contributed by atoms with Gasteiger partial charge in [-0.05, 0) is 111 Å². The van der Waals surface area contributed by atoms with Crippen molar-refractivity contribution >= 4 is 5.97 Å². The average Bonchev–Trinajstić information content (AvgIpc) is 3.05. The molecule has 4 saturated carbocycles. The molecule has 5 nitrogen and oxygen atoms in total. The lowest BCUT2D eigenvalue weighted by Gasteiger charge is -2.62. The van der Waals surface area contributed by atoms with E-state index in [0.29, 0.717) is 41.9 Å². The van der Waals surface area contributed by atoms with Crippen molar-refractivity contribution in [2.45, 2.75) is 97.2 Å². The van der Waals surface area contributed by atoms with Gasteiger partial charge in [-0.2, -0.15) is 0 Å². The summed E-state index contributed by atoms with van der Waals surface area (Å²) in [4.78, 5) is 10.9. The molecule has 10 atom stereocenters. The van der Waals surface area contributed by atoms with E-state index in [0.717, 1.165) is 36.6 Å². The van der Waals surface area contributed by atoms with E-state index in [1.54, 1.807) is 0 Å². The Balaban J connectivity index is 0.000000555. The maximum atomic E-state index is 11.5. The highest BCUT2D eigenvalue weighted by atomic mass is 16.4. The van der Waals surface area contributed by atoms with Crippen LogP contribution < -0.4 is 5.11 Å². The Labute approximate surface area is 202 Å². The lowest BCUT2D eigenvalue weighted by Crippen LogP contribution is -2.58. The van der Waals surface area contributed by atoms with E-state index in [9.17, 15) is 20.1 Å². The highest BCUT2D eigenvalue weighted by molar-refractivity contribution is 5.64. The first-order chi connectivity index (χ1) is 15.2. The molecule has 0 saturated heterocycles. The number of carbonyl (C=O) groups excluding carboxylic acids is 1. The SMILES string of the molecule is C[C@H](CCC(=O)[O-])[C@H]1CCC2C3CC[C@@H]4C[C@H](O)CC[C@]4(C)C3C[C@H](O)[C@@]21C.C[N+](C)(C)C. The summed E-state index contributed by atoms with van der Waals surface area (Å²) in [5.74, 6) is 2.19. The molecule has 33 heavy (non-hydrogen) atoms. The maximum Gasteiger partial charge on any atom is 0.0675 e. The van der Waals surface area contributed by atoms with Crippen molar-refractivity contribution < 1.29 is 24.6 Å². The minimum Gasteiger partial charge on any atom is -0.550 e. The summed E-state index contributed by atoms with van der Waals surface area (Å²) in [5, 5.41) is 32.6. The molecule has 4 aliphatic carbocycles. The molecule has 3 unspecified atom stereocenters. The number of carbonyl (C=O) groups is 1. The first kappa shape index (κ1) is 26.9. The standard InChI is InChI=1S/C24H40O4.C4H12N/c1-14(4-9-22(27)28)18-7-8-19-17-6-5-15-12-16(25)10-11-23(15,2)20(17)13-21(26)24(18,19)3;1-5(2,3)4/h14-21,25-26H,4-13H2,1-3H3,(H,27,28);1-4H3/q;+1/p-1/t14-,15-,16-,17?,18-,19?,20?,21+,23+,24-;/m1./s1. The fraction of sp³-hybridized carbons (Fsp3) is 0.964. The zero-order valence-electron chi connectivity index (χ0n) is 22.3. The molecule has 0 aromatic rings. The molecule has 2 N–H and O–H groups in total. The molecule has 4 fully saturated rings. The van der Waals surface area contributed by atoms with Crippen molar-refractivity contribution in [2.24, 2.45) is 46.3 Å². The van der Waals surface area contributed by atoms with E-state index in [4.69, 9.17) is 0 Å². The first-order valence-corrected chi connectivity index (χ1v) is 13.5. The number of carboxylic acid groups (broad SMARTS) is 1. The predicted octanol–water partition coefficient (Wildman–Crippen LogP) is 3.47. The van der Waals surface area contributed by atoms with Crippen molar-refractivity contribution in [3.8, 4) is 0 Å². The van der Waals surface area contributed by atoms with Gasteiger partial charge in [-0.25, -0.2) is 0 Å². The van der Waals surface area contributed by atoms with Crippen LogP contribution in [0.3, 0.4) is 0 Å². The first-order valence-electron chi connectivity index (χ1n) is 13.5. The molecule has 0 aliphatic heterocycles. The number of aliphatic carboxylic acids is 1. The second-order valence-corrected chi connectivity index (χ2v) is 14.0. The molecule has 0 bridgehead atoms. The third-order valence-electron chi connectivity index (χ3n) is 10.3. The highest BCUT2D eigenvalue weighted by Crippen LogP contribution is 2.68. The molecular formula is C28H51NO4. The third-order valence-corrected chi connectivity index (χ3v) is 10.3. The van der Waals surface area contributed by atoms with Crippen LogP contribution in [0.2, 0.25) is 0 Å². The van der Waals surface area contributed by atoms with Crippen LogP contribution in [0.15, 0.2) is 0 Å². The molecule has 4 rings (SSSR count). The summed E-state index contributed by atoms with van der Waals surface area (Å²) < 4.78 is 1.00. The lowest BCUT2D eigenvalue weighted by atomic mass is 9.43. The Kier molecular flexibility index (Phi) is 7.98. The summed E-state index contributed by atoms with van der Waals surface area (Å²) in [5.41, 5.74) is 0.188. The van der Waals surface area contributed by atoms with Gasteiger partial charge in [0.15, 0.2) is 0 Å². The lowest BCUT2D eigenvalue weighted by molar-refractivity contribution is -0.849. The van der Waals surface area contributed by atoms with Crippen LogP contribution in [0.25, 0.3) is 0 Å². The van der Waals surface area contributed by atoms with Gasteiger partial charge in [-0.15, -0.1) is 0 Å². The molecule has 0 radical (unpaired) electrons. The van der Waals surface area contributed by atoms with Gasteiger partial charge in [0, 0.05) is 5.97 Å². The van der Waals surface area contributed by atoms with Gasteiger partial charge in [0.05, 0.1) is 40.4 Å². The Bertz CT molecular complexity index is 684. The molecular weight excluding hydrogens is 414 g/mol. The van der Waals surface area contributed by atoms with Crippen molar-refractivity contribution in [3.63, 3.8) is 0 Å². The number of hydrogen-bond donors (Lipinski definition) is 2. The third kappa shape index (κ3) is 5.46. The predicted molar refractivity (Wildman–Crippen MR) is 130 cm³/mol. The van der Waals surface area contributed by atoms with Crippen LogP contribution >= 0.6 is 0 Å². The second kappa shape index (κ2) is 9.78. The topological polar surface area (TPSA) is 80.6 Å². The largest absolute Gasteiger partial charge is 0.550 e. The summed E-state index contributed by atoms with van der Waals surface area (Å²) in [6.45, 7) is 6.94. The highest BCUT2D eigenvalue weighted by Gasteiger charge is 2.63. The summed E-state index contributed by atoms with van der Waals surface area (Å²) in [7, 11) is 8.50. The Morgan fingerprint density at radius 3 is 2.24 bits per heavy atom. The van der Waals surface area contributed by atoms with Crippen molar-refractivity contribution in [1.82, 2.24) is 0 Å². The second-order valence-electron chi connectivity index (χ2n) is 14.0. The number of nitrogens with zero attached hydrogens (tertiary/aromatic N) is 1. The smallest absolute Gasteiger partial charge is 0.0675 e. The van der Waals surface area contributed by atoms with E-state index in [-0.39, 0.29) is 29.5 Å². The zero-order valence-corrected chi connectivity index (χ0v) is 22.3. The van der Waals surface area contributed by atoms with E-state index in [1.165, 1.54) is 19.3 Å². The monoisotopic (exact) mass is 465 g/mol. The van der Waals surface area contributed by atoms with Crippen LogP contribution in [0.1, 0.15) is 85.0 Å². The molecule has 4 aliphatic rings. The number of rotatable bonds is 4. The number of aliphatic hydroxyl groups excluding tert-OH is 2. The minimum atomic E-state index is -0.957. The van der Waals surface area contributed by atoms with Gasteiger partial charge in [-0.3, -0.25) is 0 Å². The number of carboxylic acids is 1. The van der Waals surface area contributed by atoms with Crippen molar-refractivity contribution in [3.05, 3.63) is 0 Å². The van der Waals surface area contributed by atoms with Crippen molar-refractivity contribution in [2.75, 3.05) is 28.2 Å². The molecule has 0 aromatic heterocycles. The molecule has 0 heterocycles. The van der Waals surface area contributed by atoms with Crippen LogP contribution in [0, 0.1) is 46.3 Å². The van der Waals surface area contributed by atoms with Gasteiger partial charge in [0.1, 0.15) is 0 Å². The van der Waals surface area contributed by atoms with Crippen LogP contribution in [0.5, 0.6) is 0 Å². The number of quaternary nitrogens is 1. The van der Waals surface area contributed by atoms with E-state index in [1.807, 2.05) is 0 Å². The van der Waals surface area contributed by atoms with Gasteiger partial charge in [0.2, 0.25) is 0 Å². The van der Waals surface area contributed by atoms with Gasteiger partial charge in [0.25, 0.3) is 0 Å². The van der Waals surface area contributed by atoms with Gasteiger partial charge < -0.3 is 24.6 Å². The van der Waals surface area contributed by atoms with Crippen LogP contribution in [-0.4, -0.2) is 61.1 Å². The normalized spacial score (nSPS) is 45.7. The average molecular weight is 466 g/mol. The number of hydrogen-bond acceptors (Lipinski definition) is 4. The van der Waals surface area contributed by atoms with Gasteiger partial charge in [-0.1, -0.05) is 20.8 Å². The molecule has 0 spiro atoms. The van der Waals surface area contributed by atoms with Crippen LogP contribution in [-0.2, 0) is 4.79 Å². The maximum absolute atomic E-state index is 11.5. The number of aliphatic hydroxyl groups is 2. The summed E-state index contributed by atoms with van der Waals surface area (Å²) in [6.07, 6.45) is 8.98. The number of fused-ring (bicyclic) bond motifs is 5. The quantitative estimate of drug-likeness (QED) is 0.623. The van der Waals surface area contributed by atoms with Crippen LogP contribution in [0.4, 0.5) is 0 Å². The minimum absolute atomic E-state index is 0.0795. The summed E-state index contributed by atoms with van der Waals surface area (Å²) in [6, 6.07) is 0. The van der Waals surface area contributed by atoms with E-state index >= 15 is 0 Å². The Morgan fingerprint density at radius 2 is 1.64 bits per heavy atom. The Morgan fingerprint density at radius 1 is 1.00 bits per heavy atom. The molecule has 5 heteroatoms. The van der Waals surface area contributed by atoms with Gasteiger partial charge >= 0.3 is 0 Å². The zero-order chi connectivity index (χ0) is 24.8. The fourth-order valence-electron chi connectivity index (χ4n) is 8.71. The fourth-order valence-corrected chi connectivity index (χ4v) is 8.71. The van der Waals surface area contributed by atoms with E-state index in [2.05, 4.69) is 49.0 Å². The van der Waals surface area contributed by atoms with E-state index < -0.39 is 5.97 Å². The molecule has 0 amide bonds. The molecule has 0 aromatic carbocycles.